The summed E-state index contributed by atoms with van der Waals surface area (Å²) >= 11 is 0. The van der Waals surface area contributed by atoms with Gasteiger partial charge in [0.25, 0.3) is 0 Å². The first kappa shape index (κ1) is 21.4. The second-order valence-corrected chi connectivity index (χ2v) is 7.50. The quantitative estimate of drug-likeness (QED) is 0.333. The Bertz CT molecular complexity index is 269. The van der Waals surface area contributed by atoms with Crippen LogP contribution in [0.4, 0.5) is 0 Å². The van der Waals surface area contributed by atoms with Crippen LogP contribution in [-0.4, -0.2) is 82.7 Å². The van der Waals surface area contributed by atoms with Crippen LogP contribution in [0, 0.1) is 0 Å². The first-order valence-electron chi connectivity index (χ1n) is 7.20. The van der Waals surface area contributed by atoms with Crippen molar-refractivity contribution in [1.82, 2.24) is 5.32 Å². The van der Waals surface area contributed by atoms with Crippen LogP contribution in [0.5, 0.6) is 0 Å². The third kappa shape index (κ3) is 10.2. The molecule has 0 aliphatic heterocycles. The predicted molar refractivity (Wildman–Crippen MR) is 82.7 cm³/mol. The topological polar surface area (TPSA) is 84.5 Å². The Labute approximate surface area is 133 Å². The Hall–Kier alpha value is -0.553. The molecule has 0 bridgehead atoms. The molecule has 0 unspecified atom stereocenters. The summed E-state index contributed by atoms with van der Waals surface area (Å²) in [5, 5.41) is 2.77. The minimum Gasteiger partial charge on any atom is -0.382 e. The number of carbonyl (C=O) groups is 1. The van der Waals surface area contributed by atoms with Crippen molar-refractivity contribution >= 4 is 14.7 Å². The number of hydrogen-bond acceptors (Lipinski definition) is 7. The molecule has 1 amide bonds. The smallest absolute Gasteiger partial charge is 0.382 e. The molecule has 0 fully saturated rings. The SMILES string of the molecule is COCCOCCOCC(=O)NCCC[Si](OC)(OC)OC. The monoisotopic (exact) mass is 339 g/mol. The van der Waals surface area contributed by atoms with Crippen LogP contribution in [0.15, 0.2) is 0 Å². The van der Waals surface area contributed by atoms with Crippen LogP contribution in [0.25, 0.3) is 0 Å². The number of amides is 1. The minimum atomic E-state index is -2.55. The maximum absolute atomic E-state index is 11.5. The molecule has 1 N–H and O–H groups in total. The van der Waals surface area contributed by atoms with Gasteiger partial charge in [-0.3, -0.25) is 4.79 Å². The molecular weight excluding hydrogens is 310 g/mol. The average Bonchev–Trinajstić information content (AvgIpc) is 2.55. The highest BCUT2D eigenvalue weighted by Gasteiger charge is 2.36. The highest BCUT2D eigenvalue weighted by molar-refractivity contribution is 6.60. The van der Waals surface area contributed by atoms with E-state index in [2.05, 4.69) is 5.32 Å². The Kier molecular flexibility index (Phi) is 13.7. The molecule has 9 heteroatoms. The molecule has 0 aromatic heterocycles. The van der Waals surface area contributed by atoms with Gasteiger partial charge in [-0.2, -0.15) is 0 Å². The van der Waals surface area contributed by atoms with E-state index in [1.54, 1.807) is 28.4 Å². The first-order chi connectivity index (χ1) is 10.6. The molecular formula is C13H29NO7Si. The summed E-state index contributed by atoms with van der Waals surface area (Å²) in [6.45, 7) is 2.45. The fourth-order valence-electron chi connectivity index (χ4n) is 1.67. The lowest BCUT2D eigenvalue weighted by Gasteiger charge is -2.24. The summed E-state index contributed by atoms with van der Waals surface area (Å²) in [4.78, 5) is 11.5. The standard InChI is InChI=1S/C13H29NO7Si/c1-16-7-8-20-9-10-21-12-13(15)14-6-5-11-22(17-2,18-3)19-4/h5-12H2,1-4H3,(H,14,15). The summed E-state index contributed by atoms with van der Waals surface area (Å²) in [6, 6.07) is 0.644. The van der Waals surface area contributed by atoms with Crippen LogP contribution < -0.4 is 5.32 Å². The summed E-state index contributed by atoms with van der Waals surface area (Å²) < 4.78 is 31.1. The Morgan fingerprint density at radius 3 is 2.09 bits per heavy atom. The van der Waals surface area contributed by atoms with E-state index in [1.807, 2.05) is 0 Å². The molecule has 0 aliphatic rings. The molecule has 0 saturated heterocycles. The van der Waals surface area contributed by atoms with Crippen molar-refractivity contribution in [3.8, 4) is 0 Å². The van der Waals surface area contributed by atoms with Crippen molar-refractivity contribution in [2.45, 2.75) is 12.5 Å². The van der Waals surface area contributed by atoms with E-state index < -0.39 is 8.80 Å². The van der Waals surface area contributed by atoms with E-state index in [-0.39, 0.29) is 12.5 Å². The van der Waals surface area contributed by atoms with E-state index in [4.69, 9.17) is 27.5 Å². The molecule has 8 nitrogen and oxygen atoms in total. The van der Waals surface area contributed by atoms with Crippen LogP contribution in [0.1, 0.15) is 6.42 Å². The highest BCUT2D eigenvalue weighted by Crippen LogP contribution is 2.14. The van der Waals surface area contributed by atoms with E-state index in [1.165, 1.54) is 0 Å². The molecule has 0 heterocycles. The summed E-state index contributed by atoms with van der Waals surface area (Å²) in [6.07, 6.45) is 0.716. The lowest BCUT2D eigenvalue weighted by atomic mass is 10.4. The van der Waals surface area contributed by atoms with Gasteiger partial charge in [0.05, 0.1) is 26.4 Å². The molecule has 0 aromatic carbocycles. The van der Waals surface area contributed by atoms with E-state index in [0.717, 1.165) is 0 Å². The van der Waals surface area contributed by atoms with Gasteiger partial charge in [0.15, 0.2) is 0 Å². The van der Waals surface area contributed by atoms with Gasteiger partial charge >= 0.3 is 8.80 Å². The van der Waals surface area contributed by atoms with Gasteiger partial charge in [0, 0.05) is 41.0 Å². The second kappa shape index (κ2) is 14.1. The minimum absolute atomic E-state index is 0.0229. The highest BCUT2D eigenvalue weighted by atomic mass is 28.4. The van der Waals surface area contributed by atoms with Crippen molar-refractivity contribution in [2.24, 2.45) is 0 Å². The van der Waals surface area contributed by atoms with Gasteiger partial charge in [0.1, 0.15) is 6.61 Å². The van der Waals surface area contributed by atoms with Crippen LogP contribution in [-0.2, 0) is 32.3 Å². The Morgan fingerprint density at radius 1 is 0.909 bits per heavy atom. The fourth-order valence-corrected chi connectivity index (χ4v) is 3.39. The van der Waals surface area contributed by atoms with Crippen molar-refractivity contribution in [3.63, 3.8) is 0 Å². The first-order valence-corrected chi connectivity index (χ1v) is 9.14. The molecule has 132 valence electrons. The number of methoxy groups -OCH3 is 1. The van der Waals surface area contributed by atoms with Gasteiger partial charge < -0.3 is 32.8 Å². The van der Waals surface area contributed by atoms with Crippen molar-refractivity contribution in [3.05, 3.63) is 0 Å². The van der Waals surface area contributed by atoms with Crippen LogP contribution in [0.2, 0.25) is 6.04 Å². The zero-order valence-corrected chi connectivity index (χ0v) is 15.0. The van der Waals surface area contributed by atoms with Crippen LogP contribution in [0.3, 0.4) is 0 Å². The summed E-state index contributed by atoms with van der Waals surface area (Å²) in [7, 11) is 3.78. The molecule has 0 spiro atoms. The average molecular weight is 339 g/mol. The predicted octanol–water partition coefficient (Wildman–Crippen LogP) is 0.0504. The fraction of sp³-hybridized carbons (Fsp3) is 0.923. The van der Waals surface area contributed by atoms with Gasteiger partial charge in [-0.05, 0) is 6.42 Å². The maximum Gasteiger partial charge on any atom is 0.500 e. The van der Waals surface area contributed by atoms with Crippen LogP contribution >= 0.6 is 0 Å². The number of carbonyl (C=O) groups excluding carboxylic acids is 1. The van der Waals surface area contributed by atoms with E-state index in [9.17, 15) is 4.79 Å². The number of hydrogen-bond donors (Lipinski definition) is 1. The second-order valence-electron chi connectivity index (χ2n) is 4.41. The van der Waals surface area contributed by atoms with Crippen molar-refractivity contribution in [2.75, 3.05) is 68.0 Å². The zero-order chi connectivity index (χ0) is 16.7. The lowest BCUT2D eigenvalue weighted by Crippen LogP contribution is -2.43. The molecule has 0 aromatic rings. The largest absolute Gasteiger partial charge is 0.500 e. The maximum atomic E-state index is 11.5. The number of rotatable bonds is 15. The van der Waals surface area contributed by atoms with Gasteiger partial charge in [-0.1, -0.05) is 0 Å². The third-order valence-electron chi connectivity index (χ3n) is 2.95. The van der Waals surface area contributed by atoms with Crippen molar-refractivity contribution < 1.29 is 32.3 Å². The van der Waals surface area contributed by atoms with Crippen molar-refractivity contribution in [1.29, 1.82) is 0 Å². The molecule has 0 aliphatic carbocycles. The Morgan fingerprint density at radius 2 is 1.50 bits per heavy atom. The third-order valence-corrected chi connectivity index (χ3v) is 5.78. The number of nitrogens with one attached hydrogen (secondary N) is 1. The number of ether oxygens (including phenoxy) is 3. The summed E-state index contributed by atoms with van der Waals surface area (Å²) in [5.74, 6) is -0.156. The normalized spacial score (nSPS) is 11.6. The van der Waals surface area contributed by atoms with Gasteiger partial charge in [0.2, 0.25) is 5.91 Å². The van der Waals surface area contributed by atoms with Gasteiger partial charge in [-0.15, -0.1) is 0 Å². The molecule has 0 saturated carbocycles. The van der Waals surface area contributed by atoms with Gasteiger partial charge in [-0.25, -0.2) is 0 Å². The molecule has 22 heavy (non-hydrogen) atoms. The van der Waals surface area contributed by atoms with E-state index in [0.29, 0.717) is 45.4 Å². The molecule has 0 radical (unpaired) electrons. The summed E-state index contributed by atoms with van der Waals surface area (Å²) in [5.41, 5.74) is 0. The Balaban J connectivity index is 3.54. The lowest BCUT2D eigenvalue weighted by molar-refractivity contribution is -0.126. The zero-order valence-electron chi connectivity index (χ0n) is 14.0. The molecule has 0 atom stereocenters. The molecule has 0 rings (SSSR count). The van der Waals surface area contributed by atoms with E-state index >= 15 is 0 Å².